The van der Waals surface area contributed by atoms with E-state index in [9.17, 15) is 4.79 Å². The number of ketones is 1. The molecule has 0 bridgehead atoms. The molecule has 1 aromatic carbocycles. The molecule has 1 aromatic heterocycles. The summed E-state index contributed by atoms with van der Waals surface area (Å²) in [5.41, 5.74) is 2.35. The highest BCUT2D eigenvalue weighted by Gasteiger charge is 2.20. The average Bonchev–Trinajstić information content (AvgIpc) is 2.80. The molecule has 1 atom stereocenters. The molecular weight excluding hydrogens is 212 g/mol. The highest BCUT2D eigenvalue weighted by atomic mass is 16.3. The maximum Gasteiger partial charge on any atom is 0.130 e. The predicted molar refractivity (Wildman–Crippen MR) is 67.0 cm³/mol. The second kappa shape index (κ2) is 5.00. The molecule has 0 N–H and O–H groups in total. The molecule has 2 nitrogen and oxygen atoms in total. The van der Waals surface area contributed by atoms with Gasteiger partial charge in [0.25, 0.3) is 0 Å². The number of hydrogen-bond acceptors (Lipinski definition) is 2. The molecular formula is C15H16O2. The number of furan rings is 1. The minimum atomic E-state index is 0.0312. The minimum Gasteiger partial charge on any atom is -0.469 e. The van der Waals surface area contributed by atoms with Gasteiger partial charge in [-0.1, -0.05) is 24.3 Å². The van der Waals surface area contributed by atoms with Crippen molar-refractivity contribution in [1.29, 1.82) is 0 Å². The normalized spacial score (nSPS) is 12.4. The van der Waals surface area contributed by atoms with Crippen molar-refractivity contribution < 1.29 is 9.21 Å². The van der Waals surface area contributed by atoms with Gasteiger partial charge in [-0.15, -0.1) is 0 Å². The van der Waals surface area contributed by atoms with Crippen molar-refractivity contribution in [3.8, 4) is 0 Å². The second-order valence-corrected chi connectivity index (χ2v) is 4.33. The van der Waals surface area contributed by atoms with E-state index in [1.165, 1.54) is 5.56 Å². The number of carbonyl (C=O) groups excluding carboxylic acids is 1. The number of aryl methyl sites for hydroxylation is 1. The molecule has 88 valence electrons. The fourth-order valence-corrected chi connectivity index (χ4v) is 2.12. The van der Waals surface area contributed by atoms with Crippen molar-refractivity contribution in [2.75, 3.05) is 0 Å². The third kappa shape index (κ3) is 2.64. The first-order valence-corrected chi connectivity index (χ1v) is 5.77. The van der Waals surface area contributed by atoms with Gasteiger partial charge >= 0.3 is 0 Å². The van der Waals surface area contributed by atoms with Crippen molar-refractivity contribution in [3.05, 3.63) is 59.5 Å². The SMILES string of the molecule is CC(=O)CC(c1ccco1)c1ccccc1C. The van der Waals surface area contributed by atoms with Crippen molar-refractivity contribution in [2.45, 2.75) is 26.2 Å². The Labute approximate surface area is 101 Å². The van der Waals surface area contributed by atoms with Crippen LogP contribution in [0, 0.1) is 6.92 Å². The molecule has 1 heterocycles. The van der Waals surface area contributed by atoms with E-state index in [0.29, 0.717) is 6.42 Å². The first-order valence-electron chi connectivity index (χ1n) is 5.77. The molecule has 0 aliphatic rings. The van der Waals surface area contributed by atoms with E-state index in [2.05, 4.69) is 19.1 Å². The Morgan fingerprint density at radius 2 is 2.00 bits per heavy atom. The van der Waals surface area contributed by atoms with Gasteiger partial charge in [-0.2, -0.15) is 0 Å². The summed E-state index contributed by atoms with van der Waals surface area (Å²) in [5, 5.41) is 0. The van der Waals surface area contributed by atoms with Gasteiger partial charge in [0.2, 0.25) is 0 Å². The largest absolute Gasteiger partial charge is 0.469 e. The topological polar surface area (TPSA) is 30.2 Å². The molecule has 0 aliphatic carbocycles. The Morgan fingerprint density at radius 1 is 1.24 bits per heavy atom. The monoisotopic (exact) mass is 228 g/mol. The quantitative estimate of drug-likeness (QED) is 0.798. The second-order valence-electron chi connectivity index (χ2n) is 4.33. The Balaban J connectivity index is 2.41. The lowest BCUT2D eigenvalue weighted by molar-refractivity contribution is -0.117. The summed E-state index contributed by atoms with van der Waals surface area (Å²) < 4.78 is 5.45. The fraction of sp³-hybridized carbons (Fsp3) is 0.267. The molecule has 1 unspecified atom stereocenters. The van der Waals surface area contributed by atoms with Crippen molar-refractivity contribution in [1.82, 2.24) is 0 Å². The van der Waals surface area contributed by atoms with E-state index in [-0.39, 0.29) is 11.7 Å². The van der Waals surface area contributed by atoms with E-state index in [0.717, 1.165) is 11.3 Å². The summed E-state index contributed by atoms with van der Waals surface area (Å²) in [5.74, 6) is 1.06. The van der Waals surface area contributed by atoms with Gasteiger partial charge in [0.05, 0.1) is 6.26 Å². The smallest absolute Gasteiger partial charge is 0.130 e. The summed E-state index contributed by atoms with van der Waals surface area (Å²) in [6.45, 7) is 3.68. The first kappa shape index (κ1) is 11.6. The lowest BCUT2D eigenvalue weighted by atomic mass is 9.89. The van der Waals surface area contributed by atoms with E-state index in [1.807, 2.05) is 24.3 Å². The summed E-state index contributed by atoms with van der Waals surface area (Å²) >= 11 is 0. The molecule has 0 aliphatic heterocycles. The van der Waals surface area contributed by atoms with Crippen LogP contribution in [0.25, 0.3) is 0 Å². The third-order valence-electron chi connectivity index (χ3n) is 2.94. The molecule has 0 fully saturated rings. The van der Waals surface area contributed by atoms with E-state index in [1.54, 1.807) is 13.2 Å². The average molecular weight is 228 g/mol. The molecule has 0 saturated heterocycles. The number of hydrogen-bond donors (Lipinski definition) is 0. The molecule has 0 radical (unpaired) electrons. The summed E-state index contributed by atoms with van der Waals surface area (Å²) in [6.07, 6.45) is 2.14. The molecule has 2 rings (SSSR count). The van der Waals surface area contributed by atoms with Crippen molar-refractivity contribution in [3.63, 3.8) is 0 Å². The van der Waals surface area contributed by atoms with Gasteiger partial charge in [0.15, 0.2) is 0 Å². The molecule has 0 spiro atoms. The Bertz CT molecular complexity index is 497. The molecule has 0 saturated carbocycles. The van der Waals surface area contributed by atoms with Crippen LogP contribution in [-0.4, -0.2) is 5.78 Å². The van der Waals surface area contributed by atoms with Crippen molar-refractivity contribution >= 4 is 5.78 Å². The zero-order chi connectivity index (χ0) is 12.3. The van der Waals surface area contributed by atoms with Crippen LogP contribution in [0.15, 0.2) is 47.1 Å². The first-order chi connectivity index (χ1) is 8.18. The lowest BCUT2D eigenvalue weighted by Crippen LogP contribution is -2.06. The van der Waals surface area contributed by atoms with Crippen molar-refractivity contribution in [2.24, 2.45) is 0 Å². The Kier molecular flexibility index (Phi) is 3.43. The van der Waals surface area contributed by atoms with Gasteiger partial charge in [-0.3, -0.25) is 4.79 Å². The van der Waals surface area contributed by atoms with Gasteiger partial charge in [0.1, 0.15) is 11.5 Å². The Morgan fingerprint density at radius 3 is 2.59 bits per heavy atom. The third-order valence-corrected chi connectivity index (χ3v) is 2.94. The zero-order valence-electron chi connectivity index (χ0n) is 10.1. The number of Topliss-reactive ketones (excluding diaryl/α,β-unsaturated/α-hetero) is 1. The van der Waals surface area contributed by atoms with Crippen LogP contribution < -0.4 is 0 Å². The predicted octanol–water partition coefficient (Wildman–Crippen LogP) is 3.70. The maximum absolute atomic E-state index is 11.4. The van der Waals surface area contributed by atoms with Crippen LogP contribution in [0.2, 0.25) is 0 Å². The van der Waals surface area contributed by atoms with E-state index in [4.69, 9.17) is 4.42 Å². The fourth-order valence-electron chi connectivity index (χ4n) is 2.12. The van der Waals surface area contributed by atoms with Crippen LogP contribution in [0.3, 0.4) is 0 Å². The number of rotatable bonds is 4. The van der Waals surface area contributed by atoms with Crippen LogP contribution in [0.5, 0.6) is 0 Å². The highest BCUT2D eigenvalue weighted by molar-refractivity contribution is 5.77. The molecule has 2 aromatic rings. The van der Waals surface area contributed by atoms with Crippen LogP contribution >= 0.6 is 0 Å². The minimum absolute atomic E-state index is 0.0312. The lowest BCUT2D eigenvalue weighted by Gasteiger charge is -2.15. The van der Waals surface area contributed by atoms with Crippen LogP contribution in [0.4, 0.5) is 0 Å². The van der Waals surface area contributed by atoms with Gasteiger partial charge in [-0.25, -0.2) is 0 Å². The standard InChI is InChI=1S/C15H16O2/c1-11-6-3-4-7-13(11)14(10-12(2)16)15-8-5-9-17-15/h3-9,14H,10H2,1-2H3. The van der Waals surface area contributed by atoms with Crippen LogP contribution in [0.1, 0.15) is 36.1 Å². The van der Waals surface area contributed by atoms with Gasteiger partial charge in [0, 0.05) is 12.3 Å². The summed E-state index contributed by atoms with van der Waals surface area (Å²) in [6, 6.07) is 11.9. The Hall–Kier alpha value is -1.83. The van der Waals surface area contributed by atoms with E-state index < -0.39 is 0 Å². The summed E-state index contributed by atoms with van der Waals surface area (Å²) in [7, 11) is 0. The summed E-state index contributed by atoms with van der Waals surface area (Å²) in [4.78, 5) is 11.4. The van der Waals surface area contributed by atoms with Crippen LogP contribution in [-0.2, 0) is 4.79 Å². The maximum atomic E-state index is 11.4. The number of benzene rings is 1. The van der Waals surface area contributed by atoms with Gasteiger partial charge in [-0.05, 0) is 37.1 Å². The van der Waals surface area contributed by atoms with E-state index >= 15 is 0 Å². The highest BCUT2D eigenvalue weighted by Crippen LogP contribution is 2.30. The molecule has 17 heavy (non-hydrogen) atoms. The molecule has 2 heteroatoms. The number of carbonyl (C=O) groups is 1. The molecule has 0 amide bonds. The zero-order valence-corrected chi connectivity index (χ0v) is 10.1. The van der Waals surface area contributed by atoms with Gasteiger partial charge < -0.3 is 4.42 Å².